The van der Waals surface area contributed by atoms with Crippen molar-refractivity contribution in [1.29, 1.82) is 0 Å². The van der Waals surface area contributed by atoms with Gasteiger partial charge < -0.3 is 19.7 Å². The maximum Gasteiger partial charge on any atom is 0.127 e. The molecule has 0 unspecified atom stereocenters. The van der Waals surface area contributed by atoms with Gasteiger partial charge in [-0.3, -0.25) is 0 Å². The Bertz CT molecular complexity index is 650. The smallest absolute Gasteiger partial charge is 0.127 e. The molecule has 4 heteroatoms. The van der Waals surface area contributed by atoms with Crippen LogP contribution in [0.3, 0.4) is 0 Å². The van der Waals surface area contributed by atoms with Crippen LogP contribution in [0.5, 0.6) is 17.2 Å². The van der Waals surface area contributed by atoms with Crippen molar-refractivity contribution in [1.82, 2.24) is 0 Å². The molecule has 1 radical (unpaired) electrons. The standard InChI is InChI=1S/C18H21O4/c1-4-14-15(8-9-21-2)18(17(20)11-16(14)19)12-6-5-7-13(10-12)22-3/h5,7,10-11,19-20H,4,8-9H2,1-3H3. The van der Waals surface area contributed by atoms with Crippen LogP contribution >= 0.6 is 0 Å². The van der Waals surface area contributed by atoms with E-state index in [0.717, 1.165) is 16.7 Å². The number of aromatic hydroxyl groups is 2. The number of hydrogen-bond donors (Lipinski definition) is 2. The largest absolute Gasteiger partial charge is 0.508 e. The Morgan fingerprint density at radius 3 is 2.50 bits per heavy atom. The summed E-state index contributed by atoms with van der Waals surface area (Å²) in [7, 11) is 3.23. The minimum Gasteiger partial charge on any atom is -0.508 e. The average Bonchev–Trinajstić information content (AvgIpc) is 2.52. The van der Waals surface area contributed by atoms with E-state index >= 15 is 0 Å². The van der Waals surface area contributed by atoms with E-state index in [2.05, 4.69) is 6.07 Å². The molecular formula is C18H21O4. The normalized spacial score (nSPS) is 10.7. The van der Waals surface area contributed by atoms with Gasteiger partial charge in [0, 0.05) is 18.7 Å². The quantitative estimate of drug-likeness (QED) is 0.859. The lowest BCUT2D eigenvalue weighted by Crippen LogP contribution is -2.03. The van der Waals surface area contributed by atoms with Crippen molar-refractivity contribution in [2.45, 2.75) is 19.8 Å². The second kappa shape index (κ2) is 7.18. The van der Waals surface area contributed by atoms with Crippen LogP contribution in [0, 0.1) is 6.07 Å². The van der Waals surface area contributed by atoms with Gasteiger partial charge in [0.05, 0.1) is 13.7 Å². The predicted octanol–water partition coefficient (Wildman–Crippen LogP) is 3.32. The molecule has 2 N–H and O–H groups in total. The molecule has 4 nitrogen and oxygen atoms in total. The summed E-state index contributed by atoms with van der Waals surface area (Å²) in [6.45, 7) is 2.48. The summed E-state index contributed by atoms with van der Waals surface area (Å²) in [6.07, 6.45) is 1.27. The zero-order valence-electron chi connectivity index (χ0n) is 13.1. The van der Waals surface area contributed by atoms with Crippen molar-refractivity contribution < 1.29 is 19.7 Å². The molecule has 117 valence electrons. The monoisotopic (exact) mass is 301 g/mol. The number of rotatable bonds is 6. The van der Waals surface area contributed by atoms with Crippen LogP contribution in [0.1, 0.15) is 18.1 Å². The molecule has 0 aliphatic carbocycles. The van der Waals surface area contributed by atoms with Gasteiger partial charge in [-0.05, 0) is 47.7 Å². The van der Waals surface area contributed by atoms with Gasteiger partial charge in [-0.1, -0.05) is 13.0 Å². The summed E-state index contributed by atoms with van der Waals surface area (Å²) in [4.78, 5) is 0. The molecule has 2 aromatic carbocycles. The van der Waals surface area contributed by atoms with E-state index < -0.39 is 0 Å². The van der Waals surface area contributed by atoms with Crippen LogP contribution in [-0.2, 0) is 17.6 Å². The molecule has 0 saturated carbocycles. The molecule has 0 fully saturated rings. The molecule has 0 heterocycles. The molecule has 0 aliphatic rings. The third kappa shape index (κ3) is 3.17. The first-order valence-corrected chi connectivity index (χ1v) is 7.24. The van der Waals surface area contributed by atoms with Crippen LogP contribution in [-0.4, -0.2) is 31.0 Å². The molecule has 2 aromatic rings. The first kappa shape index (κ1) is 16.2. The van der Waals surface area contributed by atoms with E-state index in [4.69, 9.17) is 9.47 Å². The summed E-state index contributed by atoms with van der Waals surface area (Å²) in [5.41, 5.74) is 3.11. The Balaban J connectivity index is 2.66. The van der Waals surface area contributed by atoms with Crippen LogP contribution in [0.4, 0.5) is 0 Å². The lowest BCUT2D eigenvalue weighted by molar-refractivity contribution is 0.202. The summed E-state index contributed by atoms with van der Waals surface area (Å²) in [5, 5.41) is 20.5. The highest BCUT2D eigenvalue weighted by Gasteiger charge is 2.18. The van der Waals surface area contributed by atoms with Gasteiger partial charge in [-0.25, -0.2) is 0 Å². The first-order chi connectivity index (χ1) is 10.6. The Morgan fingerprint density at radius 2 is 1.86 bits per heavy atom. The number of phenolic OH excluding ortho intramolecular Hbond substituents is 2. The van der Waals surface area contributed by atoms with Crippen molar-refractivity contribution >= 4 is 0 Å². The molecule has 0 saturated heterocycles. The van der Waals surface area contributed by atoms with E-state index in [1.807, 2.05) is 13.0 Å². The van der Waals surface area contributed by atoms with Gasteiger partial charge in [-0.2, -0.15) is 0 Å². The summed E-state index contributed by atoms with van der Waals surface area (Å²) in [6, 6.07) is 9.89. The molecule has 2 rings (SSSR count). The lowest BCUT2D eigenvalue weighted by atomic mass is 9.90. The minimum atomic E-state index is 0.0327. The fourth-order valence-corrected chi connectivity index (χ4v) is 2.64. The van der Waals surface area contributed by atoms with Crippen LogP contribution in [0.15, 0.2) is 24.3 Å². The third-order valence-electron chi connectivity index (χ3n) is 3.69. The molecule has 0 atom stereocenters. The Kier molecular flexibility index (Phi) is 5.28. The van der Waals surface area contributed by atoms with Crippen LogP contribution < -0.4 is 4.74 Å². The van der Waals surface area contributed by atoms with E-state index in [-0.39, 0.29) is 11.5 Å². The van der Waals surface area contributed by atoms with E-state index in [0.29, 0.717) is 30.8 Å². The van der Waals surface area contributed by atoms with Crippen molar-refractivity contribution in [2.24, 2.45) is 0 Å². The van der Waals surface area contributed by atoms with Gasteiger partial charge in [0.15, 0.2) is 0 Å². The van der Waals surface area contributed by atoms with Gasteiger partial charge in [0.1, 0.15) is 17.2 Å². The lowest BCUT2D eigenvalue weighted by Gasteiger charge is -2.17. The van der Waals surface area contributed by atoms with Crippen molar-refractivity contribution in [3.63, 3.8) is 0 Å². The number of benzene rings is 2. The Morgan fingerprint density at radius 1 is 1.09 bits per heavy atom. The van der Waals surface area contributed by atoms with E-state index in [9.17, 15) is 10.2 Å². The third-order valence-corrected chi connectivity index (χ3v) is 3.69. The zero-order valence-corrected chi connectivity index (χ0v) is 13.1. The van der Waals surface area contributed by atoms with E-state index in [1.165, 1.54) is 6.07 Å². The minimum absolute atomic E-state index is 0.0327. The topological polar surface area (TPSA) is 58.9 Å². The number of methoxy groups -OCH3 is 2. The molecule has 0 amide bonds. The highest BCUT2D eigenvalue weighted by atomic mass is 16.5. The maximum atomic E-state index is 10.3. The SMILES string of the molecule is CCc1c(O)cc(O)c(-c2[c]ccc(OC)c2)c1CCOC. The Labute approximate surface area is 130 Å². The molecule has 0 aromatic heterocycles. The first-order valence-electron chi connectivity index (χ1n) is 7.24. The molecule has 22 heavy (non-hydrogen) atoms. The highest BCUT2D eigenvalue weighted by Crippen LogP contribution is 2.40. The molecular weight excluding hydrogens is 280 g/mol. The predicted molar refractivity (Wildman–Crippen MR) is 85.6 cm³/mol. The number of ether oxygens (including phenoxy) is 2. The van der Waals surface area contributed by atoms with Crippen LogP contribution in [0.2, 0.25) is 0 Å². The van der Waals surface area contributed by atoms with Gasteiger partial charge in [-0.15, -0.1) is 0 Å². The number of hydrogen-bond acceptors (Lipinski definition) is 4. The van der Waals surface area contributed by atoms with E-state index in [1.54, 1.807) is 26.4 Å². The second-order valence-electron chi connectivity index (χ2n) is 4.99. The van der Waals surface area contributed by atoms with Crippen molar-refractivity contribution in [2.75, 3.05) is 20.8 Å². The zero-order chi connectivity index (χ0) is 16.1. The molecule has 0 bridgehead atoms. The highest BCUT2D eigenvalue weighted by molar-refractivity contribution is 5.77. The van der Waals surface area contributed by atoms with Crippen molar-refractivity contribution in [3.05, 3.63) is 41.5 Å². The summed E-state index contributed by atoms with van der Waals surface area (Å²) >= 11 is 0. The Hall–Kier alpha value is -2.20. The molecule has 0 spiro atoms. The molecule has 0 aliphatic heterocycles. The summed E-state index contributed by atoms with van der Waals surface area (Å²) in [5.74, 6) is 0.833. The fourth-order valence-electron chi connectivity index (χ4n) is 2.64. The van der Waals surface area contributed by atoms with Crippen LogP contribution in [0.25, 0.3) is 11.1 Å². The number of phenols is 2. The van der Waals surface area contributed by atoms with Gasteiger partial charge in [0.2, 0.25) is 0 Å². The fraction of sp³-hybridized carbons (Fsp3) is 0.333. The van der Waals surface area contributed by atoms with Gasteiger partial charge >= 0.3 is 0 Å². The average molecular weight is 301 g/mol. The summed E-state index contributed by atoms with van der Waals surface area (Å²) < 4.78 is 10.4. The van der Waals surface area contributed by atoms with Crippen molar-refractivity contribution in [3.8, 4) is 28.4 Å². The maximum absolute atomic E-state index is 10.3. The second-order valence-corrected chi connectivity index (χ2v) is 4.99. The van der Waals surface area contributed by atoms with Gasteiger partial charge in [0.25, 0.3) is 0 Å².